The molecule has 0 heterocycles. The van der Waals surface area contributed by atoms with Crippen LogP contribution in [0.1, 0.15) is 6.42 Å². The fourth-order valence-corrected chi connectivity index (χ4v) is 1.85. The Morgan fingerprint density at radius 2 is 2.06 bits per heavy atom. The maximum absolute atomic E-state index is 11.7. The molecular weight excluding hydrogens is 300 g/mol. The number of hydrogen-bond acceptors (Lipinski definition) is 3. The summed E-state index contributed by atoms with van der Waals surface area (Å²) >= 11 is 3.36. The molecule has 1 amide bonds. The quantitative estimate of drug-likeness (QED) is 0.478. The molecule has 0 aliphatic rings. The molecule has 4 nitrogen and oxygen atoms in total. The Labute approximate surface area is 108 Å². The van der Waals surface area contributed by atoms with Crippen LogP contribution in [0.2, 0.25) is 0 Å². The van der Waals surface area contributed by atoms with Crippen molar-refractivity contribution in [1.29, 1.82) is 0 Å². The third-order valence-corrected chi connectivity index (χ3v) is 2.50. The Morgan fingerprint density at radius 1 is 1.41 bits per heavy atom. The van der Waals surface area contributed by atoms with Gasteiger partial charge in [-0.3, -0.25) is 4.79 Å². The minimum absolute atomic E-state index is 0.0186. The van der Waals surface area contributed by atoms with E-state index in [0.717, 1.165) is 0 Å². The van der Waals surface area contributed by atoms with Gasteiger partial charge in [-0.15, -0.1) is 0 Å². The van der Waals surface area contributed by atoms with Gasteiger partial charge in [0.15, 0.2) is 0 Å². The molecule has 1 atom stereocenters. The van der Waals surface area contributed by atoms with Crippen LogP contribution in [0.25, 0.3) is 0 Å². The van der Waals surface area contributed by atoms with Gasteiger partial charge in [-0.2, -0.15) is 0 Å². The molecule has 1 unspecified atom stereocenters. The monoisotopic (exact) mass is 317 g/mol. The lowest BCUT2D eigenvalue weighted by molar-refractivity contribution is -0.131. The highest BCUT2D eigenvalue weighted by atomic mass is 79.9. The van der Waals surface area contributed by atoms with Crippen LogP contribution in [0.15, 0.2) is 0 Å². The smallest absolute Gasteiger partial charge is 0.261 e. The summed E-state index contributed by atoms with van der Waals surface area (Å²) in [6.07, 6.45) is -2.38. The molecule has 7 heteroatoms. The van der Waals surface area contributed by atoms with E-state index in [-0.39, 0.29) is 23.8 Å². The summed E-state index contributed by atoms with van der Waals surface area (Å²) < 4.78 is 33.0. The van der Waals surface area contributed by atoms with Gasteiger partial charge in [0.1, 0.15) is 6.61 Å². The molecule has 0 radical (unpaired) electrons. The van der Waals surface area contributed by atoms with Crippen LogP contribution in [-0.2, 0) is 14.3 Å². The van der Waals surface area contributed by atoms with Crippen molar-refractivity contribution in [2.24, 2.45) is 0 Å². The average Bonchev–Trinajstić information content (AvgIpc) is 2.23. The van der Waals surface area contributed by atoms with Crippen molar-refractivity contribution in [3.05, 3.63) is 0 Å². The van der Waals surface area contributed by atoms with Gasteiger partial charge in [0.05, 0.1) is 24.5 Å². The summed E-state index contributed by atoms with van der Waals surface area (Å²) in [7, 11) is 3.23. The first-order valence-electron chi connectivity index (χ1n) is 5.20. The van der Waals surface area contributed by atoms with Crippen molar-refractivity contribution in [3.63, 3.8) is 0 Å². The number of hydrogen-bond donors (Lipinski definition) is 0. The van der Waals surface area contributed by atoms with Gasteiger partial charge in [0.2, 0.25) is 5.91 Å². The number of amides is 1. The molecule has 0 aromatic rings. The predicted molar refractivity (Wildman–Crippen MR) is 63.7 cm³/mol. The molecule has 0 aromatic heterocycles. The molecule has 0 aliphatic heterocycles. The minimum Gasteiger partial charge on any atom is -0.383 e. The lowest BCUT2D eigenvalue weighted by atomic mass is 10.3. The van der Waals surface area contributed by atoms with Crippen molar-refractivity contribution in [3.8, 4) is 0 Å². The average molecular weight is 318 g/mol. The van der Waals surface area contributed by atoms with Crippen molar-refractivity contribution in [2.45, 2.75) is 17.7 Å². The number of carbonyl (C=O) groups is 1. The second-order valence-electron chi connectivity index (χ2n) is 3.54. The molecule has 0 saturated carbocycles. The molecule has 0 bridgehead atoms. The third kappa shape index (κ3) is 9.43. The Balaban J connectivity index is 3.67. The summed E-state index contributed by atoms with van der Waals surface area (Å²) in [4.78, 5) is 13.1. The summed E-state index contributed by atoms with van der Waals surface area (Å²) in [6.45, 7) is 0.396. The van der Waals surface area contributed by atoms with Crippen LogP contribution in [0.3, 0.4) is 0 Å². The zero-order chi connectivity index (χ0) is 13.3. The van der Waals surface area contributed by atoms with Gasteiger partial charge in [0.25, 0.3) is 6.43 Å². The van der Waals surface area contributed by atoms with Crippen LogP contribution in [0.5, 0.6) is 0 Å². The molecule has 0 aliphatic carbocycles. The first-order valence-corrected chi connectivity index (χ1v) is 6.11. The van der Waals surface area contributed by atoms with Crippen LogP contribution in [0.4, 0.5) is 8.78 Å². The summed E-state index contributed by atoms with van der Waals surface area (Å²) in [6, 6.07) is 0. The molecule has 0 fully saturated rings. The Hall–Kier alpha value is -0.270. The first kappa shape index (κ1) is 16.7. The number of halogens is 3. The van der Waals surface area contributed by atoms with Gasteiger partial charge in [-0.05, 0) is 0 Å². The summed E-state index contributed by atoms with van der Waals surface area (Å²) in [5.41, 5.74) is 0. The largest absolute Gasteiger partial charge is 0.383 e. The SMILES string of the molecule is COCC(Br)CN(C)C(=O)CCOCC(F)F. The van der Waals surface area contributed by atoms with E-state index >= 15 is 0 Å². The van der Waals surface area contributed by atoms with E-state index in [1.165, 1.54) is 4.90 Å². The Morgan fingerprint density at radius 3 is 2.59 bits per heavy atom. The van der Waals surface area contributed by atoms with Crippen LogP contribution in [0, 0.1) is 0 Å². The lowest BCUT2D eigenvalue weighted by Gasteiger charge is -2.20. The standard InChI is InChI=1S/C10H18BrF2NO3/c1-14(5-8(11)6-16-2)10(15)3-4-17-7-9(12)13/h8-9H,3-7H2,1-2H3. The minimum atomic E-state index is -2.49. The van der Waals surface area contributed by atoms with Crippen molar-refractivity contribution >= 4 is 21.8 Å². The van der Waals surface area contributed by atoms with E-state index in [1.807, 2.05) is 0 Å². The number of carbonyl (C=O) groups excluding carboxylic acids is 1. The van der Waals surface area contributed by atoms with Gasteiger partial charge >= 0.3 is 0 Å². The number of alkyl halides is 3. The zero-order valence-corrected chi connectivity index (χ0v) is 11.6. The van der Waals surface area contributed by atoms with Gasteiger partial charge < -0.3 is 14.4 Å². The second kappa shape index (κ2) is 9.73. The highest BCUT2D eigenvalue weighted by Crippen LogP contribution is 2.03. The second-order valence-corrected chi connectivity index (χ2v) is 4.84. The number of methoxy groups -OCH3 is 1. The molecule has 0 rings (SSSR count). The molecule has 102 valence electrons. The van der Waals surface area contributed by atoms with E-state index in [1.54, 1.807) is 14.2 Å². The lowest BCUT2D eigenvalue weighted by Crippen LogP contribution is -2.34. The fourth-order valence-electron chi connectivity index (χ4n) is 1.16. The predicted octanol–water partition coefficient (Wildman–Crippen LogP) is 1.53. The van der Waals surface area contributed by atoms with Gasteiger partial charge in [0, 0.05) is 20.7 Å². The Kier molecular flexibility index (Phi) is 9.57. The zero-order valence-electron chi connectivity index (χ0n) is 10.00. The van der Waals surface area contributed by atoms with E-state index in [4.69, 9.17) is 4.74 Å². The molecule has 0 saturated heterocycles. The molecular formula is C10H18BrF2NO3. The molecule has 0 N–H and O–H groups in total. The normalized spacial score (nSPS) is 12.8. The number of ether oxygens (including phenoxy) is 2. The number of nitrogens with zero attached hydrogens (tertiary/aromatic N) is 1. The van der Waals surface area contributed by atoms with Crippen molar-refractivity contribution < 1.29 is 23.0 Å². The van der Waals surface area contributed by atoms with Gasteiger partial charge in [-0.25, -0.2) is 8.78 Å². The summed E-state index contributed by atoms with van der Waals surface area (Å²) in [5.74, 6) is -0.139. The van der Waals surface area contributed by atoms with Crippen molar-refractivity contribution in [1.82, 2.24) is 4.90 Å². The third-order valence-electron chi connectivity index (χ3n) is 1.95. The van der Waals surface area contributed by atoms with E-state index in [9.17, 15) is 13.6 Å². The molecule has 0 aromatic carbocycles. The molecule has 0 spiro atoms. The van der Waals surface area contributed by atoms with Crippen LogP contribution >= 0.6 is 15.9 Å². The highest BCUT2D eigenvalue weighted by Gasteiger charge is 2.13. The number of rotatable bonds is 9. The Bertz CT molecular complexity index is 220. The van der Waals surface area contributed by atoms with Crippen LogP contribution < -0.4 is 0 Å². The fraction of sp³-hybridized carbons (Fsp3) is 0.900. The van der Waals surface area contributed by atoms with E-state index in [2.05, 4.69) is 20.7 Å². The highest BCUT2D eigenvalue weighted by molar-refractivity contribution is 9.09. The van der Waals surface area contributed by atoms with E-state index in [0.29, 0.717) is 13.2 Å². The topological polar surface area (TPSA) is 38.8 Å². The van der Waals surface area contributed by atoms with Gasteiger partial charge in [-0.1, -0.05) is 15.9 Å². The van der Waals surface area contributed by atoms with E-state index < -0.39 is 13.0 Å². The maximum Gasteiger partial charge on any atom is 0.261 e. The van der Waals surface area contributed by atoms with Crippen LogP contribution in [-0.4, -0.2) is 62.6 Å². The molecule has 17 heavy (non-hydrogen) atoms. The maximum atomic E-state index is 11.7. The summed E-state index contributed by atoms with van der Waals surface area (Å²) in [5, 5.41) is 0. The van der Waals surface area contributed by atoms with Crippen molar-refractivity contribution in [2.75, 3.05) is 40.5 Å². The first-order chi connectivity index (χ1) is 7.97.